The lowest BCUT2D eigenvalue weighted by Crippen LogP contribution is -2.11. The molecule has 160 valence electrons. The van der Waals surface area contributed by atoms with E-state index in [1.165, 1.54) is 0 Å². The summed E-state index contributed by atoms with van der Waals surface area (Å²) in [7, 11) is 0. The molecule has 6 nitrogen and oxygen atoms in total. The van der Waals surface area contributed by atoms with Gasteiger partial charge in [-0.25, -0.2) is 4.98 Å². The van der Waals surface area contributed by atoms with Gasteiger partial charge in [-0.1, -0.05) is 36.4 Å². The average Bonchev–Trinajstić information content (AvgIpc) is 3.18. The van der Waals surface area contributed by atoms with Crippen LogP contribution in [0.5, 0.6) is 5.75 Å². The van der Waals surface area contributed by atoms with Crippen molar-refractivity contribution in [3.8, 4) is 17.0 Å². The first-order valence-electron chi connectivity index (χ1n) is 10.7. The molecule has 0 saturated carbocycles. The number of anilines is 1. The summed E-state index contributed by atoms with van der Waals surface area (Å²) in [6.07, 6.45) is 1.97. The number of pyridine rings is 2. The van der Waals surface area contributed by atoms with Crippen molar-refractivity contribution in [3.05, 3.63) is 94.4 Å². The van der Waals surface area contributed by atoms with Gasteiger partial charge in [0.1, 0.15) is 22.9 Å². The predicted molar refractivity (Wildman–Crippen MR) is 128 cm³/mol. The highest BCUT2D eigenvalue weighted by Crippen LogP contribution is 2.30. The highest BCUT2D eigenvalue weighted by molar-refractivity contribution is 5.87. The van der Waals surface area contributed by atoms with Gasteiger partial charge in [0.2, 0.25) is 0 Å². The number of aromatic amines is 1. The molecule has 0 aliphatic carbocycles. The standard InChI is InChI=1S/C26H24N4O2/c1-3-32-20-11-12-22-19(14-20)15-21(26(31)28-22)23-25(27-16-18-9-5-4-6-10-18)30-13-7-8-17(2)24(30)29-23/h4-15,27H,3,16H2,1-2H3,(H,28,31). The zero-order chi connectivity index (χ0) is 22.1. The number of rotatable bonds is 6. The van der Waals surface area contributed by atoms with Crippen LogP contribution in [0, 0.1) is 6.92 Å². The minimum absolute atomic E-state index is 0.175. The molecule has 32 heavy (non-hydrogen) atoms. The molecular formula is C26H24N4O2. The molecule has 2 aromatic carbocycles. The van der Waals surface area contributed by atoms with Crippen molar-refractivity contribution >= 4 is 22.4 Å². The number of ether oxygens (including phenoxy) is 1. The Bertz CT molecular complexity index is 1470. The molecule has 0 aliphatic heterocycles. The van der Waals surface area contributed by atoms with Gasteiger partial charge in [0.25, 0.3) is 5.56 Å². The highest BCUT2D eigenvalue weighted by atomic mass is 16.5. The maximum Gasteiger partial charge on any atom is 0.258 e. The molecule has 3 heterocycles. The number of nitrogens with one attached hydrogen (secondary N) is 2. The van der Waals surface area contributed by atoms with Gasteiger partial charge in [-0.05, 0) is 55.3 Å². The van der Waals surface area contributed by atoms with Crippen LogP contribution in [0.25, 0.3) is 27.8 Å². The molecule has 6 heteroatoms. The number of benzene rings is 2. The molecule has 0 atom stereocenters. The Hall–Kier alpha value is -4.06. The number of fused-ring (bicyclic) bond motifs is 2. The molecule has 0 fully saturated rings. The van der Waals surface area contributed by atoms with Gasteiger partial charge in [-0.3, -0.25) is 9.20 Å². The van der Waals surface area contributed by atoms with E-state index in [0.717, 1.165) is 39.2 Å². The van der Waals surface area contributed by atoms with Crippen LogP contribution in [0.4, 0.5) is 5.82 Å². The number of nitrogens with zero attached hydrogens (tertiary/aromatic N) is 2. The van der Waals surface area contributed by atoms with Crippen LogP contribution in [0.2, 0.25) is 0 Å². The quantitative estimate of drug-likeness (QED) is 0.395. The Morgan fingerprint density at radius 3 is 2.72 bits per heavy atom. The number of hydrogen-bond acceptors (Lipinski definition) is 4. The monoisotopic (exact) mass is 424 g/mol. The van der Waals surface area contributed by atoms with Crippen LogP contribution >= 0.6 is 0 Å². The SMILES string of the molecule is CCOc1ccc2[nH]c(=O)c(-c3nc4c(C)cccn4c3NCc3ccccc3)cc2c1. The van der Waals surface area contributed by atoms with Gasteiger partial charge in [-0.2, -0.15) is 0 Å². The highest BCUT2D eigenvalue weighted by Gasteiger charge is 2.18. The minimum atomic E-state index is -0.175. The fraction of sp³-hybridized carbons (Fsp3) is 0.154. The van der Waals surface area contributed by atoms with Crippen LogP contribution in [0.1, 0.15) is 18.1 Å². The van der Waals surface area contributed by atoms with E-state index in [0.29, 0.717) is 24.4 Å². The summed E-state index contributed by atoms with van der Waals surface area (Å²) < 4.78 is 7.65. The Morgan fingerprint density at radius 2 is 1.91 bits per heavy atom. The maximum atomic E-state index is 13.1. The van der Waals surface area contributed by atoms with Crippen molar-refractivity contribution in [2.45, 2.75) is 20.4 Å². The van der Waals surface area contributed by atoms with Gasteiger partial charge in [0.05, 0.1) is 12.2 Å². The van der Waals surface area contributed by atoms with Crippen LogP contribution in [0.15, 0.2) is 77.7 Å². The normalized spacial score (nSPS) is 11.2. The summed E-state index contributed by atoms with van der Waals surface area (Å²) in [5.41, 5.74) is 4.74. The van der Waals surface area contributed by atoms with Crippen molar-refractivity contribution in [1.29, 1.82) is 0 Å². The van der Waals surface area contributed by atoms with E-state index in [9.17, 15) is 4.79 Å². The Labute approximate surface area is 185 Å². The van der Waals surface area contributed by atoms with Crippen LogP contribution < -0.4 is 15.6 Å². The van der Waals surface area contributed by atoms with Crippen LogP contribution in [0.3, 0.4) is 0 Å². The fourth-order valence-corrected chi connectivity index (χ4v) is 3.96. The summed E-state index contributed by atoms with van der Waals surface area (Å²) in [4.78, 5) is 20.9. The van der Waals surface area contributed by atoms with E-state index >= 15 is 0 Å². The molecule has 0 aliphatic rings. The molecule has 5 aromatic rings. The zero-order valence-corrected chi connectivity index (χ0v) is 18.1. The molecule has 0 saturated heterocycles. The number of H-pyrrole nitrogens is 1. The van der Waals surface area contributed by atoms with E-state index < -0.39 is 0 Å². The third-order valence-electron chi connectivity index (χ3n) is 5.53. The van der Waals surface area contributed by atoms with Crippen molar-refractivity contribution in [2.24, 2.45) is 0 Å². The Balaban J connectivity index is 1.67. The Kier molecular flexibility index (Phi) is 5.11. The second-order valence-electron chi connectivity index (χ2n) is 7.73. The maximum absolute atomic E-state index is 13.1. The van der Waals surface area contributed by atoms with Crippen molar-refractivity contribution in [2.75, 3.05) is 11.9 Å². The zero-order valence-electron chi connectivity index (χ0n) is 18.1. The lowest BCUT2D eigenvalue weighted by Gasteiger charge is -2.10. The molecule has 2 N–H and O–H groups in total. The summed E-state index contributed by atoms with van der Waals surface area (Å²) in [6, 6.07) is 21.7. The average molecular weight is 425 g/mol. The van der Waals surface area contributed by atoms with Gasteiger partial charge in [0, 0.05) is 23.6 Å². The predicted octanol–water partition coefficient (Wildman–Crippen LogP) is 5.16. The van der Waals surface area contributed by atoms with E-state index in [-0.39, 0.29) is 5.56 Å². The van der Waals surface area contributed by atoms with Gasteiger partial charge < -0.3 is 15.0 Å². The van der Waals surface area contributed by atoms with Crippen LogP contribution in [-0.2, 0) is 6.54 Å². The van der Waals surface area contributed by atoms with Crippen molar-refractivity contribution < 1.29 is 4.74 Å². The first-order chi connectivity index (χ1) is 15.6. The first-order valence-corrected chi connectivity index (χ1v) is 10.7. The fourth-order valence-electron chi connectivity index (χ4n) is 3.96. The molecule has 3 aromatic heterocycles. The van der Waals surface area contributed by atoms with Crippen molar-refractivity contribution in [1.82, 2.24) is 14.4 Å². The van der Waals surface area contributed by atoms with E-state index in [4.69, 9.17) is 9.72 Å². The van der Waals surface area contributed by atoms with Gasteiger partial charge in [-0.15, -0.1) is 0 Å². The number of aryl methyl sites for hydroxylation is 1. The number of hydrogen-bond donors (Lipinski definition) is 2. The van der Waals surface area contributed by atoms with E-state index in [1.54, 1.807) is 0 Å². The summed E-state index contributed by atoms with van der Waals surface area (Å²) in [5, 5.41) is 4.40. The number of imidazole rings is 1. The summed E-state index contributed by atoms with van der Waals surface area (Å²) >= 11 is 0. The lowest BCUT2D eigenvalue weighted by atomic mass is 10.1. The van der Waals surface area contributed by atoms with Crippen molar-refractivity contribution in [3.63, 3.8) is 0 Å². The topological polar surface area (TPSA) is 71.4 Å². The Morgan fingerprint density at radius 1 is 1.06 bits per heavy atom. The second-order valence-corrected chi connectivity index (χ2v) is 7.73. The first kappa shape index (κ1) is 19.9. The third-order valence-corrected chi connectivity index (χ3v) is 5.53. The smallest absolute Gasteiger partial charge is 0.258 e. The summed E-state index contributed by atoms with van der Waals surface area (Å²) in [5.74, 6) is 1.56. The van der Waals surface area contributed by atoms with Crippen LogP contribution in [-0.4, -0.2) is 21.0 Å². The van der Waals surface area contributed by atoms with E-state index in [1.807, 2.05) is 79.0 Å². The largest absolute Gasteiger partial charge is 0.494 e. The molecule has 0 unspecified atom stereocenters. The molecule has 0 bridgehead atoms. The van der Waals surface area contributed by atoms with Gasteiger partial charge in [0.15, 0.2) is 0 Å². The molecular weight excluding hydrogens is 400 g/mol. The molecule has 5 rings (SSSR count). The third kappa shape index (κ3) is 3.60. The number of aromatic nitrogens is 3. The minimum Gasteiger partial charge on any atom is -0.494 e. The molecule has 0 amide bonds. The molecule has 0 radical (unpaired) electrons. The summed E-state index contributed by atoms with van der Waals surface area (Å²) in [6.45, 7) is 5.18. The van der Waals surface area contributed by atoms with E-state index in [2.05, 4.69) is 22.4 Å². The lowest BCUT2D eigenvalue weighted by molar-refractivity contribution is 0.340. The second kappa shape index (κ2) is 8.23. The molecule has 0 spiro atoms. The van der Waals surface area contributed by atoms with Gasteiger partial charge >= 0.3 is 0 Å².